The van der Waals surface area contributed by atoms with E-state index >= 15 is 0 Å². The summed E-state index contributed by atoms with van der Waals surface area (Å²) >= 11 is 0. The summed E-state index contributed by atoms with van der Waals surface area (Å²) in [7, 11) is 0. The Morgan fingerprint density at radius 3 is 1.45 bits per heavy atom. The van der Waals surface area contributed by atoms with Crippen molar-refractivity contribution in [2.45, 2.75) is 5.41 Å². The molecule has 12 nitrogen and oxygen atoms in total. The standard InChI is InChI=1S/C30H24N4O8/c35-26-22-21-14-15-30(16-4-2-1-3-5-16,24(22)28(37)31(26)17-6-10-19(11-7-17)33(39)40)25-23(21)27(36)32(29(25)38)18-8-12-20(13-9-18)34(41)42/h1-15,21-25,33-34,39,41H. The molecule has 42 heavy (non-hydrogen) atoms. The van der Waals surface area contributed by atoms with E-state index in [1.165, 1.54) is 48.5 Å². The van der Waals surface area contributed by atoms with Crippen LogP contribution in [-0.4, -0.2) is 34.0 Å². The number of nitrogens with one attached hydrogen (secondary N) is 2. The third-order valence-electron chi connectivity index (χ3n) is 9.17. The lowest BCUT2D eigenvalue weighted by molar-refractivity contribution is -0.991. The smallest absolute Gasteiger partial charge is 0.238 e. The van der Waals surface area contributed by atoms with Crippen LogP contribution in [0.5, 0.6) is 0 Å². The summed E-state index contributed by atoms with van der Waals surface area (Å²) in [5, 5.41) is 39.0. The second kappa shape index (κ2) is 9.22. The Bertz CT molecular complexity index is 1560. The van der Waals surface area contributed by atoms with Crippen molar-refractivity contribution >= 4 is 46.4 Å². The predicted octanol–water partition coefficient (Wildman–Crippen LogP) is 0.542. The zero-order valence-corrected chi connectivity index (χ0v) is 21.8. The van der Waals surface area contributed by atoms with Gasteiger partial charge in [0.1, 0.15) is 0 Å². The Morgan fingerprint density at radius 2 is 1.05 bits per heavy atom. The van der Waals surface area contributed by atoms with Gasteiger partial charge >= 0.3 is 0 Å². The molecule has 3 aromatic rings. The molecule has 3 aliphatic carbocycles. The molecule has 3 fully saturated rings. The zero-order valence-electron chi connectivity index (χ0n) is 21.8. The lowest BCUT2D eigenvalue weighted by Gasteiger charge is -2.53. The summed E-state index contributed by atoms with van der Waals surface area (Å²) in [5.41, 5.74) is -0.251. The number of carbonyl (C=O) groups is 4. The Hall–Kier alpha value is -4.56. The van der Waals surface area contributed by atoms with E-state index in [2.05, 4.69) is 0 Å². The molecule has 3 aromatic carbocycles. The molecule has 8 rings (SSSR count). The van der Waals surface area contributed by atoms with Crippen molar-refractivity contribution in [1.29, 1.82) is 0 Å². The highest BCUT2D eigenvalue weighted by atomic mass is 16.8. The number of quaternary nitrogens is 2. The topological polar surface area (TPSA) is 170 Å². The average Bonchev–Trinajstić information content (AvgIpc) is 3.44. The quantitative estimate of drug-likeness (QED) is 0.196. The molecule has 4 N–H and O–H groups in total. The molecule has 2 heterocycles. The van der Waals surface area contributed by atoms with Gasteiger partial charge in [0.2, 0.25) is 23.6 Å². The van der Waals surface area contributed by atoms with E-state index in [0.717, 1.165) is 9.80 Å². The van der Waals surface area contributed by atoms with Gasteiger partial charge in [-0.05, 0) is 29.8 Å². The number of benzene rings is 3. The zero-order chi connectivity index (χ0) is 29.5. The van der Waals surface area contributed by atoms with Gasteiger partial charge in [-0.2, -0.15) is 10.5 Å². The van der Waals surface area contributed by atoms with Gasteiger partial charge in [-0.25, -0.2) is 20.2 Å². The third kappa shape index (κ3) is 3.38. The largest absolute Gasteiger partial charge is 0.595 e. The number of hydrogen-bond acceptors (Lipinski definition) is 8. The van der Waals surface area contributed by atoms with E-state index in [-0.39, 0.29) is 22.7 Å². The normalized spacial score (nSPS) is 31.0. The van der Waals surface area contributed by atoms with Crippen LogP contribution in [0.15, 0.2) is 91.0 Å². The van der Waals surface area contributed by atoms with Crippen LogP contribution in [-0.2, 0) is 24.6 Å². The van der Waals surface area contributed by atoms with E-state index in [1.807, 2.05) is 0 Å². The first kappa shape index (κ1) is 26.3. The van der Waals surface area contributed by atoms with Crippen LogP contribution < -0.4 is 20.3 Å². The molecule has 2 saturated heterocycles. The van der Waals surface area contributed by atoms with Crippen LogP contribution in [0, 0.1) is 40.0 Å². The van der Waals surface area contributed by atoms with Gasteiger partial charge in [0.15, 0.2) is 11.4 Å². The maximum atomic E-state index is 14.3. The minimum atomic E-state index is -1.31. The first-order valence-corrected chi connectivity index (χ1v) is 13.3. The average molecular weight is 569 g/mol. The second-order valence-electron chi connectivity index (χ2n) is 11.0. The molecule has 6 unspecified atom stereocenters. The number of anilines is 2. The molecule has 1 saturated carbocycles. The fourth-order valence-corrected chi connectivity index (χ4v) is 7.49. The van der Waals surface area contributed by atoms with Crippen molar-refractivity contribution in [3.8, 4) is 0 Å². The van der Waals surface area contributed by atoms with E-state index in [9.17, 15) is 40.0 Å². The van der Waals surface area contributed by atoms with Crippen LogP contribution in [0.4, 0.5) is 22.7 Å². The molecule has 5 aliphatic rings. The number of amides is 4. The second-order valence-corrected chi connectivity index (χ2v) is 11.0. The maximum Gasteiger partial charge on any atom is 0.238 e. The number of allylic oxidation sites excluding steroid dienone is 2. The van der Waals surface area contributed by atoms with Crippen LogP contribution in [0.25, 0.3) is 0 Å². The van der Waals surface area contributed by atoms with Crippen molar-refractivity contribution in [3.63, 3.8) is 0 Å². The number of imide groups is 2. The Morgan fingerprint density at radius 1 is 0.619 bits per heavy atom. The molecule has 0 aromatic heterocycles. The first-order valence-electron chi connectivity index (χ1n) is 13.3. The van der Waals surface area contributed by atoms with Gasteiger partial charge in [-0.15, -0.1) is 0 Å². The van der Waals surface area contributed by atoms with Crippen molar-refractivity contribution in [2.75, 3.05) is 9.80 Å². The molecule has 6 atom stereocenters. The van der Waals surface area contributed by atoms with Gasteiger partial charge in [-0.1, -0.05) is 42.5 Å². The predicted molar refractivity (Wildman–Crippen MR) is 144 cm³/mol. The van der Waals surface area contributed by atoms with Gasteiger partial charge in [0.25, 0.3) is 0 Å². The van der Waals surface area contributed by atoms with Crippen LogP contribution in [0.2, 0.25) is 0 Å². The van der Waals surface area contributed by atoms with E-state index in [1.54, 1.807) is 42.5 Å². The lowest BCUT2D eigenvalue weighted by Crippen LogP contribution is -2.99. The molecule has 212 valence electrons. The highest BCUT2D eigenvalue weighted by Gasteiger charge is 2.75. The van der Waals surface area contributed by atoms with Crippen molar-refractivity contribution in [3.05, 3.63) is 107 Å². The minimum Gasteiger partial charge on any atom is -0.595 e. The molecule has 2 aliphatic heterocycles. The van der Waals surface area contributed by atoms with E-state index in [0.29, 0.717) is 5.56 Å². The maximum absolute atomic E-state index is 14.3. The van der Waals surface area contributed by atoms with Crippen molar-refractivity contribution in [1.82, 2.24) is 0 Å². The van der Waals surface area contributed by atoms with Gasteiger partial charge in [-0.3, -0.25) is 19.2 Å². The van der Waals surface area contributed by atoms with Crippen LogP contribution in [0.3, 0.4) is 0 Å². The fraction of sp³-hybridized carbons (Fsp3) is 0.200. The summed E-state index contributed by atoms with van der Waals surface area (Å²) in [4.78, 5) is 58.7. The summed E-state index contributed by atoms with van der Waals surface area (Å²) in [6, 6.07) is 19.8. The summed E-state index contributed by atoms with van der Waals surface area (Å²) < 4.78 is 0. The molecule has 0 spiro atoms. The molecular weight excluding hydrogens is 544 g/mol. The lowest BCUT2D eigenvalue weighted by atomic mass is 9.45. The number of carbonyl (C=O) groups excluding carboxylic acids is 4. The van der Waals surface area contributed by atoms with Crippen LogP contribution in [0.1, 0.15) is 5.56 Å². The number of rotatable bonds is 5. The molecule has 4 amide bonds. The van der Waals surface area contributed by atoms with E-state index < -0.39 is 69.1 Å². The molecular formula is C30H24N4O8. The van der Waals surface area contributed by atoms with Crippen molar-refractivity contribution in [2.24, 2.45) is 29.6 Å². The Balaban J connectivity index is 1.36. The molecule has 12 heteroatoms. The highest BCUT2D eigenvalue weighted by molar-refractivity contribution is 6.27. The first-order chi connectivity index (χ1) is 20.2. The number of nitrogens with zero attached hydrogens (tertiary/aromatic N) is 2. The monoisotopic (exact) mass is 568 g/mol. The SMILES string of the molecule is O=C1C2C3C=CC(c4ccccc4)(C2C(=O)N1c1ccc([NH+]([O-])O)cc1)C1C(=O)N(c2ccc([NH+]([O-])O)cc2)C(=O)C31. The van der Waals surface area contributed by atoms with Crippen LogP contribution >= 0.6 is 0 Å². The Kier molecular flexibility index (Phi) is 5.79. The van der Waals surface area contributed by atoms with Gasteiger partial charge in [0.05, 0.1) is 35.0 Å². The third-order valence-corrected chi connectivity index (χ3v) is 9.17. The highest BCUT2D eigenvalue weighted by Crippen LogP contribution is 2.65. The van der Waals surface area contributed by atoms with E-state index in [4.69, 9.17) is 0 Å². The molecule has 0 radical (unpaired) electrons. The van der Waals surface area contributed by atoms with Gasteiger partial charge in [0, 0.05) is 35.6 Å². The molecule has 2 bridgehead atoms. The summed E-state index contributed by atoms with van der Waals surface area (Å²) in [6.45, 7) is 0. The Labute approximate surface area is 238 Å². The number of hydrogen-bond donors (Lipinski definition) is 4. The van der Waals surface area contributed by atoms with Crippen molar-refractivity contribution < 1.29 is 40.0 Å². The fourth-order valence-electron chi connectivity index (χ4n) is 7.49. The summed E-state index contributed by atoms with van der Waals surface area (Å²) in [6.07, 6.45) is 3.58. The summed E-state index contributed by atoms with van der Waals surface area (Å²) in [5.74, 6) is -6.59. The minimum absolute atomic E-state index is 0.0000394. The van der Waals surface area contributed by atoms with Gasteiger partial charge < -0.3 is 10.4 Å².